The van der Waals surface area contributed by atoms with Crippen LogP contribution in [0, 0.1) is 0 Å². The van der Waals surface area contributed by atoms with Crippen LogP contribution in [0.25, 0.3) is 10.9 Å². The second kappa shape index (κ2) is 9.35. The highest BCUT2D eigenvalue weighted by molar-refractivity contribution is 6.07. The fourth-order valence-corrected chi connectivity index (χ4v) is 4.83. The minimum atomic E-state index is -0.188. The number of anilines is 2. The Labute approximate surface area is 194 Å². The second-order valence-corrected chi connectivity index (χ2v) is 9.14. The van der Waals surface area contributed by atoms with Crippen LogP contribution in [-0.4, -0.2) is 53.6 Å². The molecule has 0 unspecified atom stereocenters. The molecule has 1 N–H and O–H groups in total. The lowest BCUT2D eigenvalue weighted by molar-refractivity contribution is 0.102. The van der Waals surface area contributed by atoms with E-state index >= 15 is 0 Å². The second-order valence-electron chi connectivity index (χ2n) is 9.14. The molecule has 0 aliphatic carbocycles. The van der Waals surface area contributed by atoms with Gasteiger partial charge in [0.1, 0.15) is 5.82 Å². The van der Waals surface area contributed by atoms with E-state index in [0.717, 1.165) is 75.6 Å². The number of carbonyl (C=O) groups is 1. The molecule has 3 aromatic rings. The van der Waals surface area contributed by atoms with E-state index in [2.05, 4.69) is 28.2 Å². The van der Waals surface area contributed by atoms with E-state index in [1.54, 1.807) is 18.2 Å². The average molecular weight is 446 g/mol. The zero-order chi connectivity index (χ0) is 22.8. The van der Waals surface area contributed by atoms with Crippen molar-refractivity contribution in [1.29, 1.82) is 0 Å². The third-order valence-corrected chi connectivity index (χ3v) is 6.82. The topological polar surface area (TPSA) is 70.5 Å². The van der Waals surface area contributed by atoms with Crippen molar-refractivity contribution in [3.8, 4) is 0 Å². The van der Waals surface area contributed by atoms with Crippen LogP contribution < -0.4 is 15.8 Å². The Bertz CT molecular complexity index is 1230. The smallest absolute Gasteiger partial charge is 0.261 e. The number of fused-ring (bicyclic) bond motifs is 2. The fraction of sp³-hybridized carbons (Fsp3) is 0.423. The number of hydrogen-bond donors (Lipinski definition) is 1. The number of likely N-dealkylation sites (N-methyl/N-ethyl adjacent to an activating group) is 1. The summed E-state index contributed by atoms with van der Waals surface area (Å²) in [6.07, 6.45) is 5.18. The molecule has 5 rings (SSSR count). The van der Waals surface area contributed by atoms with Crippen LogP contribution in [0.4, 0.5) is 11.4 Å². The van der Waals surface area contributed by atoms with Gasteiger partial charge in [-0.2, -0.15) is 0 Å². The minimum Gasteiger partial charge on any atom is -0.367 e. The molecule has 2 aliphatic rings. The summed E-state index contributed by atoms with van der Waals surface area (Å²) in [5, 5.41) is 3.67. The van der Waals surface area contributed by atoms with Crippen molar-refractivity contribution >= 4 is 28.2 Å². The van der Waals surface area contributed by atoms with Crippen LogP contribution in [0.2, 0.25) is 0 Å². The summed E-state index contributed by atoms with van der Waals surface area (Å²) >= 11 is 0. The van der Waals surface area contributed by atoms with Crippen molar-refractivity contribution in [3.05, 3.63) is 64.2 Å². The van der Waals surface area contributed by atoms with Crippen LogP contribution in [0.15, 0.2) is 47.3 Å². The van der Waals surface area contributed by atoms with Gasteiger partial charge in [-0.3, -0.25) is 14.2 Å². The summed E-state index contributed by atoms with van der Waals surface area (Å²) in [5.41, 5.74) is 2.96. The van der Waals surface area contributed by atoms with Gasteiger partial charge in [-0.1, -0.05) is 25.0 Å². The average Bonchev–Trinajstić information content (AvgIpc) is 2.81. The van der Waals surface area contributed by atoms with E-state index in [4.69, 9.17) is 4.98 Å². The van der Waals surface area contributed by atoms with Crippen molar-refractivity contribution in [3.63, 3.8) is 0 Å². The zero-order valence-corrected chi connectivity index (χ0v) is 19.2. The van der Waals surface area contributed by atoms with Gasteiger partial charge in [0.25, 0.3) is 11.5 Å². The van der Waals surface area contributed by atoms with Gasteiger partial charge in [-0.25, -0.2) is 4.98 Å². The van der Waals surface area contributed by atoms with Gasteiger partial charge in [0.05, 0.1) is 22.3 Å². The number of rotatable bonds is 3. The largest absolute Gasteiger partial charge is 0.367 e. The molecule has 0 radical (unpaired) electrons. The maximum Gasteiger partial charge on any atom is 0.261 e. The number of nitrogens with zero attached hydrogens (tertiary/aromatic N) is 4. The molecule has 2 aromatic carbocycles. The lowest BCUT2D eigenvalue weighted by Crippen LogP contribution is -2.44. The first-order valence-electron chi connectivity index (χ1n) is 12.0. The number of aryl methyl sites for hydroxylation is 1. The SMILES string of the molecule is CN1CCN(c2ccccc2NC(=O)c2ccc3c(=O)n4c(nc3c2)CCCCCC4)CC1. The molecule has 0 atom stereocenters. The molecule has 33 heavy (non-hydrogen) atoms. The molecule has 1 aromatic heterocycles. The van der Waals surface area contributed by atoms with Gasteiger partial charge < -0.3 is 15.1 Å². The third-order valence-electron chi connectivity index (χ3n) is 6.82. The summed E-state index contributed by atoms with van der Waals surface area (Å²) in [6, 6.07) is 13.2. The predicted octanol–water partition coefficient (Wildman–Crippen LogP) is 3.52. The fourth-order valence-electron chi connectivity index (χ4n) is 4.83. The first-order valence-corrected chi connectivity index (χ1v) is 12.0. The maximum atomic E-state index is 13.2. The van der Waals surface area contributed by atoms with Crippen LogP contribution in [0.5, 0.6) is 0 Å². The number of benzene rings is 2. The molecule has 1 saturated heterocycles. The summed E-state index contributed by atoms with van der Waals surface area (Å²) in [7, 11) is 2.13. The Morgan fingerprint density at radius 2 is 1.73 bits per heavy atom. The van der Waals surface area contributed by atoms with Crippen molar-refractivity contribution in [2.24, 2.45) is 0 Å². The van der Waals surface area contributed by atoms with Crippen LogP contribution >= 0.6 is 0 Å². The Morgan fingerprint density at radius 1 is 0.939 bits per heavy atom. The normalized spacial score (nSPS) is 17.3. The molecule has 7 nitrogen and oxygen atoms in total. The monoisotopic (exact) mass is 445 g/mol. The molecule has 3 heterocycles. The van der Waals surface area contributed by atoms with Crippen molar-refractivity contribution in [1.82, 2.24) is 14.5 Å². The summed E-state index contributed by atoms with van der Waals surface area (Å²) in [5.74, 6) is 0.650. The Kier molecular flexibility index (Phi) is 6.13. The third kappa shape index (κ3) is 4.50. The van der Waals surface area contributed by atoms with E-state index in [1.807, 2.05) is 22.8 Å². The van der Waals surface area contributed by atoms with E-state index in [0.29, 0.717) is 16.5 Å². The lowest BCUT2D eigenvalue weighted by atomic mass is 10.1. The number of nitrogens with one attached hydrogen (secondary N) is 1. The zero-order valence-electron chi connectivity index (χ0n) is 19.2. The van der Waals surface area contributed by atoms with Gasteiger partial charge in [0.15, 0.2) is 0 Å². The van der Waals surface area contributed by atoms with Gasteiger partial charge in [0.2, 0.25) is 0 Å². The number of aromatic nitrogens is 2. The maximum absolute atomic E-state index is 13.2. The molecule has 0 spiro atoms. The Hall–Kier alpha value is -3.19. The predicted molar refractivity (Wildman–Crippen MR) is 132 cm³/mol. The van der Waals surface area contributed by atoms with Crippen molar-refractivity contribution in [2.45, 2.75) is 38.6 Å². The van der Waals surface area contributed by atoms with Gasteiger partial charge >= 0.3 is 0 Å². The highest BCUT2D eigenvalue weighted by Crippen LogP contribution is 2.27. The highest BCUT2D eigenvalue weighted by atomic mass is 16.1. The van der Waals surface area contributed by atoms with Gasteiger partial charge in [-0.15, -0.1) is 0 Å². The first kappa shape index (κ1) is 21.6. The van der Waals surface area contributed by atoms with E-state index < -0.39 is 0 Å². The molecule has 2 aliphatic heterocycles. The van der Waals surface area contributed by atoms with Gasteiger partial charge in [0, 0.05) is 44.7 Å². The number of piperazine rings is 1. The van der Waals surface area contributed by atoms with Crippen molar-refractivity contribution in [2.75, 3.05) is 43.4 Å². The van der Waals surface area contributed by atoms with E-state index in [9.17, 15) is 9.59 Å². The molecule has 0 saturated carbocycles. The summed E-state index contributed by atoms with van der Waals surface area (Å²) < 4.78 is 1.83. The molecule has 172 valence electrons. The Balaban J connectivity index is 1.43. The highest BCUT2D eigenvalue weighted by Gasteiger charge is 2.19. The Morgan fingerprint density at radius 3 is 2.58 bits per heavy atom. The summed E-state index contributed by atoms with van der Waals surface area (Å²) in [6.45, 7) is 4.58. The molecule has 1 amide bonds. The number of hydrogen-bond acceptors (Lipinski definition) is 5. The molecule has 1 fully saturated rings. The quantitative estimate of drug-likeness (QED) is 0.668. The molecular weight excluding hydrogens is 414 g/mol. The summed E-state index contributed by atoms with van der Waals surface area (Å²) in [4.78, 5) is 35.7. The van der Waals surface area contributed by atoms with E-state index in [1.165, 1.54) is 6.42 Å². The first-order chi connectivity index (χ1) is 16.1. The van der Waals surface area contributed by atoms with Gasteiger partial charge in [-0.05, 0) is 50.2 Å². The van der Waals surface area contributed by atoms with Crippen LogP contribution in [0.3, 0.4) is 0 Å². The van der Waals surface area contributed by atoms with E-state index in [-0.39, 0.29) is 11.5 Å². The number of amides is 1. The van der Waals surface area contributed by atoms with Crippen molar-refractivity contribution < 1.29 is 4.79 Å². The molecule has 0 bridgehead atoms. The molecular formula is C26H31N5O2. The minimum absolute atomic E-state index is 0.00395. The number of para-hydroxylation sites is 2. The van der Waals surface area contributed by atoms with Crippen LogP contribution in [-0.2, 0) is 13.0 Å². The van der Waals surface area contributed by atoms with Crippen LogP contribution in [0.1, 0.15) is 41.9 Å². The molecule has 7 heteroatoms. The number of carbonyl (C=O) groups excluding carboxylic acids is 1. The standard InChI is InChI=1S/C26H31N5O2/c1-29-14-16-30(17-15-29)23-9-6-5-8-21(23)28-25(32)19-11-12-20-22(18-19)27-24-10-4-2-3-7-13-31(24)26(20)33/h5-6,8-9,11-12,18H,2-4,7,10,13-17H2,1H3,(H,28,32). The lowest BCUT2D eigenvalue weighted by Gasteiger charge is -2.35.